The quantitative estimate of drug-likeness (QED) is 0.341. The third-order valence-corrected chi connectivity index (χ3v) is 5.12. The Morgan fingerprint density at radius 2 is 1.88 bits per heavy atom. The first-order valence-electron chi connectivity index (χ1n) is 9.45. The van der Waals surface area contributed by atoms with Gasteiger partial charge in [-0.3, -0.25) is 0 Å². The highest BCUT2D eigenvalue weighted by Gasteiger charge is 2.14. The summed E-state index contributed by atoms with van der Waals surface area (Å²) in [7, 11) is 0. The maximum atomic E-state index is 12.3. The van der Waals surface area contributed by atoms with Crippen LogP contribution in [0.5, 0.6) is 11.5 Å². The Labute approximate surface area is 185 Å². The van der Waals surface area contributed by atoms with Gasteiger partial charge in [-0.2, -0.15) is 13.5 Å². The predicted octanol–water partition coefficient (Wildman–Crippen LogP) is 4.13. The Kier molecular flexibility index (Phi) is 6.59. The molecular weight excluding hydrogens is 442 g/mol. The molecule has 12 heteroatoms. The summed E-state index contributed by atoms with van der Waals surface area (Å²) < 4.78 is 41.8. The van der Waals surface area contributed by atoms with Crippen molar-refractivity contribution in [3.05, 3.63) is 65.3 Å². The summed E-state index contributed by atoms with van der Waals surface area (Å²) in [6.07, 6.45) is 0. The van der Waals surface area contributed by atoms with Crippen LogP contribution in [-0.2, 0) is 12.4 Å². The molecule has 2 aromatic carbocycles. The lowest BCUT2D eigenvalue weighted by atomic mass is 10.1. The SMILES string of the molecule is Cc1ccc(C)c(OCc2nnc(SCc3nnnn3-c3ccc(OC(F)F)cc3)o2)c1. The second kappa shape index (κ2) is 9.73. The van der Waals surface area contributed by atoms with Crippen molar-refractivity contribution < 1.29 is 22.7 Å². The Hall–Kier alpha value is -3.54. The Morgan fingerprint density at radius 3 is 2.66 bits per heavy atom. The van der Waals surface area contributed by atoms with Crippen LogP contribution >= 0.6 is 11.8 Å². The van der Waals surface area contributed by atoms with Crippen molar-refractivity contribution in [1.29, 1.82) is 0 Å². The smallest absolute Gasteiger partial charge is 0.387 e. The highest BCUT2D eigenvalue weighted by atomic mass is 32.2. The van der Waals surface area contributed by atoms with Crippen LogP contribution in [0.25, 0.3) is 5.69 Å². The molecule has 0 aliphatic carbocycles. The zero-order valence-corrected chi connectivity index (χ0v) is 17.9. The van der Waals surface area contributed by atoms with E-state index >= 15 is 0 Å². The second-order valence-electron chi connectivity index (χ2n) is 6.69. The molecular formula is C20H18F2N6O3S. The molecule has 0 unspecified atom stereocenters. The Morgan fingerprint density at radius 1 is 1.06 bits per heavy atom. The zero-order valence-electron chi connectivity index (χ0n) is 17.1. The summed E-state index contributed by atoms with van der Waals surface area (Å²) in [5.41, 5.74) is 2.71. The van der Waals surface area contributed by atoms with Crippen LogP contribution in [0.3, 0.4) is 0 Å². The van der Waals surface area contributed by atoms with Crippen molar-refractivity contribution in [3.8, 4) is 17.2 Å². The fraction of sp³-hybridized carbons (Fsp3) is 0.250. The molecule has 0 radical (unpaired) electrons. The number of tetrazole rings is 1. The van der Waals surface area contributed by atoms with Gasteiger partial charge in [0.05, 0.1) is 11.4 Å². The minimum Gasteiger partial charge on any atom is -0.484 e. The summed E-state index contributed by atoms with van der Waals surface area (Å²) in [5, 5.41) is 20.0. The molecule has 2 aromatic heterocycles. The number of alkyl halides is 2. The lowest BCUT2D eigenvalue weighted by Crippen LogP contribution is -2.04. The summed E-state index contributed by atoms with van der Waals surface area (Å²) in [5.74, 6) is 2.03. The normalized spacial score (nSPS) is 11.2. The fourth-order valence-electron chi connectivity index (χ4n) is 2.75. The van der Waals surface area contributed by atoms with Gasteiger partial charge in [0.15, 0.2) is 12.4 Å². The van der Waals surface area contributed by atoms with E-state index in [-0.39, 0.29) is 12.4 Å². The monoisotopic (exact) mass is 460 g/mol. The number of benzene rings is 2. The summed E-state index contributed by atoms with van der Waals surface area (Å²) in [6.45, 7) is 1.23. The lowest BCUT2D eigenvalue weighted by molar-refractivity contribution is -0.0498. The highest BCUT2D eigenvalue weighted by Crippen LogP contribution is 2.24. The van der Waals surface area contributed by atoms with Gasteiger partial charge in [-0.15, -0.1) is 15.3 Å². The number of ether oxygens (including phenoxy) is 2. The van der Waals surface area contributed by atoms with Gasteiger partial charge in [-0.25, -0.2) is 0 Å². The van der Waals surface area contributed by atoms with E-state index in [9.17, 15) is 8.78 Å². The van der Waals surface area contributed by atoms with Crippen molar-refractivity contribution in [1.82, 2.24) is 30.4 Å². The number of aryl methyl sites for hydroxylation is 2. The molecule has 9 nitrogen and oxygen atoms in total. The minimum absolute atomic E-state index is 0.0502. The molecule has 0 N–H and O–H groups in total. The number of halogens is 2. The molecule has 0 amide bonds. The van der Waals surface area contributed by atoms with Crippen LogP contribution in [-0.4, -0.2) is 37.0 Å². The fourth-order valence-corrected chi connectivity index (χ4v) is 3.43. The standard InChI is InChI=1S/C20H18F2N6O3S/c1-12-3-4-13(2)16(9-12)29-10-18-24-25-20(31-18)32-11-17-23-26-27-28(17)14-5-7-15(8-6-14)30-19(21)22/h3-9,19H,10-11H2,1-2H3. The van der Waals surface area contributed by atoms with Gasteiger partial charge in [0, 0.05) is 0 Å². The summed E-state index contributed by atoms with van der Waals surface area (Å²) in [4.78, 5) is 0. The molecule has 0 bridgehead atoms. The molecule has 0 aliphatic rings. The topological polar surface area (TPSA) is 101 Å². The van der Waals surface area contributed by atoms with Gasteiger partial charge in [-0.05, 0) is 65.7 Å². The van der Waals surface area contributed by atoms with E-state index in [0.29, 0.717) is 28.4 Å². The van der Waals surface area contributed by atoms with E-state index < -0.39 is 6.61 Å². The molecule has 32 heavy (non-hydrogen) atoms. The maximum Gasteiger partial charge on any atom is 0.387 e. The number of rotatable bonds is 9. The largest absolute Gasteiger partial charge is 0.484 e. The van der Waals surface area contributed by atoms with Gasteiger partial charge in [0.25, 0.3) is 11.1 Å². The van der Waals surface area contributed by atoms with Crippen molar-refractivity contribution in [2.45, 2.75) is 38.0 Å². The molecule has 2 heterocycles. The van der Waals surface area contributed by atoms with Gasteiger partial charge >= 0.3 is 6.61 Å². The Bertz CT molecular complexity index is 1180. The van der Waals surface area contributed by atoms with Crippen LogP contribution in [0.4, 0.5) is 8.78 Å². The molecule has 0 fully saturated rings. The molecule has 4 rings (SSSR count). The average molecular weight is 460 g/mol. The first kappa shape index (κ1) is 21.7. The summed E-state index contributed by atoms with van der Waals surface area (Å²) in [6, 6.07) is 12.0. The van der Waals surface area contributed by atoms with Gasteiger partial charge in [-0.1, -0.05) is 23.9 Å². The van der Waals surface area contributed by atoms with E-state index in [4.69, 9.17) is 9.15 Å². The van der Waals surface area contributed by atoms with Crippen LogP contribution in [0, 0.1) is 13.8 Å². The van der Waals surface area contributed by atoms with Gasteiger partial charge < -0.3 is 13.9 Å². The molecule has 0 spiro atoms. The van der Waals surface area contributed by atoms with Crippen molar-refractivity contribution in [3.63, 3.8) is 0 Å². The zero-order chi connectivity index (χ0) is 22.5. The molecule has 4 aromatic rings. The average Bonchev–Trinajstić information content (AvgIpc) is 3.42. The number of hydrogen-bond acceptors (Lipinski definition) is 9. The number of nitrogens with zero attached hydrogens (tertiary/aromatic N) is 6. The molecule has 166 valence electrons. The molecule has 0 saturated carbocycles. The van der Waals surface area contributed by atoms with Gasteiger partial charge in [0.1, 0.15) is 11.5 Å². The van der Waals surface area contributed by atoms with Crippen LogP contribution < -0.4 is 9.47 Å². The molecule has 0 atom stereocenters. The van der Waals surface area contributed by atoms with E-state index in [0.717, 1.165) is 16.9 Å². The van der Waals surface area contributed by atoms with Crippen LogP contribution in [0.1, 0.15) is 22.8 Å². The van der Waals surface area contributed by atoms with E-state index in [1.54, 1.807) is 12.1 Å². The number of aromatic nitrogens is 6. The predicted molar refractivity (Wildman–Crippen MR) is 110 cm³/mol. The van der Waals surface area contributed by atoms with Crippen molar-refractivity contribution in [2.75, 3.05) is 0 Å². The van der Waals surface area contributed by atoms with Crippen LogP contribution in [0.15, 0.2) is 52.1 Å². The first-order chi connectivity index (χ1) is 15.5. The van der Waals surface area contributed by atoms with Crippen molar-refractivity contribution >= 4 is 11.8 Å². The lowest BCUT2D eigenvalue weighted by Gasteiger charge is -2.07. The Balaban J connectivity index is 1.36. The van der Waals surface area contributed by atoms with Crippen molar-refractivity contribution in [2.24, 2.45) is 0 Å². The maximum absolute atomic E-state index is 12.3. The highest BCUT2D eigenvalue weighted by molar-refractivity contribution is 7.98. The van der Waals surface area contributed by atoms with Gasteiger partial charge in [0.2, 0.25) is 0 Å². The summed E-state index contributed by atoms with van der Waals surface area (Å²) >= 11 is 1.26. The van der Waals surface area contributed by atoms with E-state index in [2.05, 4.69) is 30.5 Å². The molecule has 0 aliphatic heterocycles. The minimum atomic E-state index is -2.88. The second-order valence-corrected chi connectivity index (χ2v) is 7.61. The molecule has 0 saturated heterocycles. The third kappa shape index (κ3) is 5.38. The number of hydrogen-bond donors (Lipinski definition) is 0. The van der Waals surface area contributed by atoms with E-state index in [1.807, 2.05) is 32.0 Å². The van der Waals surface area contributed by atoms with Crippen LogP contribution in [0.2, 0.25) is 0 Å². The first-order valence-corrected chi connectivity index (χ1v) is 10.4. The number of thioether (sulfide) groups is 1. The third-order valence-electron chi connectivity index (χ3n) is 4.31. The van der Waals surface area contributed by atoms with E-state index in [1.165, 1.54) is 28.6 Å².